The topological polar surface area (TPSA) is 42.0 Å². The highest BCUT2D eigenvalue weighted by atomic mass is 127. The van der Waals surface area contributed by atoms with Gasteiger partial charge in [0.15, 0.2) is 0 Å². The van der Waals surface area contributed by atoms with Gasteiger partial charge in [0.25, 0.3) is 5.91 Å². The van der Waals surface area contributed by atoms with E-state index in [1.807, 2.05) is 55.5 Å². The van der Waals surface area contributed by atoms with Gasteiger partial charge in [-0.15, -0.1) is 0 Å². The Bertz CT molecular complexity index is 813. The second kappa shape index (κ2) is 5.81. The van der Waals surface area contributed by atoms with Crippen LogP contribution in [0, 0.1) is 10.5 Å². The number of carbonyl (C=O) groups excluding carboxylic acids is 1. The van der Waals surface area contributed by atoms with Crippen LogP contribution in [-0.2, 0) is 0 Å². The van der Waals surface area contributed by atoms with Gasteiger partial charge in [0.2, 0.25) is 0 Å². The number of nitrogens with zero attached hydrogens (tertiary/aromatic N) is 1. The predicted octanol–water partition coefficient (Wildman–Crippen LogP) is 4.40. The first-order valence-electron chi connectivity index (χ1n) is 6.56. The Morgan fingerprint density at radius 1 is 1.10 bits per heavy atom. The fourth-order valence-electron chi connectivity index (χ4n) is 2.14. The molecule has 0 fully saturated rings. The van der Waals surface area contributed by atoms with Crippen LogP contribution in [0.5, 0.6) is 0 Å². The summed E-state index contributed by atoms with van der Waals surface area (Å²) in [4.78, 5) is 16.7. The van der Waals surface area contributed by atoms with E-state index in [4.69, 9.17) is 0 Å². The van der Waals surface area contributed by atoms with Gasteiger partial charge < -0.3 is 5.32 Å². The highest BCUT2D eigenvalue weighted by Crippen LogP contribution is 2.26. The van der Waals surface area contributed by atoms with Crippen LogP contribution in [0.15, 0.2) is 54.7 Å². The number of aryl methyl sites for hydroxylation is 1. The number of fused-ring (bicyclic) bond motifs is 1. The van der Waals surface area contributed by atoms with E-state index >= 15 is 0 Å². The van der Waals surface area contributed by atoms with E-state index in [9.17, 15) is 4.79 Å². The van der Waals surface area contributed by atoms with Crippen molar-refractivity contribution in [2.75, 3.05) is 5.32 Å². The Labute approximate surface area is 136 Å². The van der Waals surface area contributed by atoms with E-state index in [1.165, 1.54) is 0 Å². The molecule has 4 heteroatoms. The monoisotopic (exact) mass is 388 g/mol. The maximum Gasteiger partial charge on any atom is 0.255 e. The van der Waals surface area contributed by atoms with E-state index in [-0.39, 0.29) is 5.91 Å². The summed E-state index contributed by atoms with van der Waals surface area (Å²) in [6.45, 7) is 2.00. The van der Waals surface area contributed by atoms with Crippen LogP contribution >= 0.6 is 22.6 Å². The molecule has 2 aromatic carbocycles. The molecule has 1 aromatic heterocycles. The number of aromatic nitrogens is 1. The molecule has 0 saturated heterocycles. The number of hydrogen-bond donors (Lipinski definition) is 1. The SMILES string of the molecule is Cc1ccc(C(=O)Nc2ccc(I)c3cccnc23)cc1. The molecule has 0 aliphatic carbocycles. The van der Waals surface area contributed by atoms with Crippen molar-refractivity contribution in [1.29, 1.82) is 0 Å². The van der Waals surface area contributed by atoms with Gasteiger partial charge in [-0.3, -0.25) is 9.78 Å². The highest BCUT2D eigenvalue weighted by molar-refractivity contribution is 14.1. The third-order valence-electron chi connectivity index (χ3n) is 3.28. The maximum absolute atomic E-state index is 12.3. The molecule has 21 heavy (non-hydrogen) atoms. The number of rotatable bonds is 2. The lowest BCUT2D eigenvalue weighted by molar-refractivity contribution is 0.102. The quantitative estimate of drug-likeness (QED) is 0.662. The fraction of sp³-hybridized carbons (Fsp3) is 0.0588. The first kappa shape index (κ1) is 14.0. The van der Waals surface area contributed by atoms with Gasteiger partial charge in [0.05, 0.1) is 11.2 Å². The molecule has 1 heterocycles. The smallest absolute Gasteiger partial charge is 0.255 e. The number of pyridine rings is 1. The minimum Gasteiger partial charge on any atom is -0.320 e. The lowest BCUT2D eigenvalue weighted by Crippen LogP contribution is -2.12. The molecule has 0 spiro atoms. The van der Waals surface area contributed by atoms with Crippen LogP contribution in [0.1, 0.15) is 15.9 Å². The second-order valence-corrected chi connectivity index (χ2v) is 5.98. The second-order valence-electron chi connectivity index (χ2n) is 4.81. The number of hydrogen-bond acceptors (Lipinski definition) is 2. The number of carbonyl (C=O) groups is 1. The lowest BCUT2D eigenvalue weighted by Gasteiger charge is -2.09. The first-order valence-corrected chi connectivity index (χ1v) is 7.64. The van der Waals surface area contributed by atoms with Crippen molar-refractivity contribution in [2.45, 2.75) is 6.92 Å². The van der Waals surface area contributed by atoms with Crippen molar-refractivity contribution >= 4 is 45.1 Å². The van der Waals surface area contributed by atoms with Crippen molar-refractivity contribution < 1.29 is 4.79 Å². The Morgan fingerprint density at radius 3 is 2.62 bits per heavy atom. The highest BCUT2D eigenvalue weighted by Gasteiger charge is 2.10. The van der Waals surface area contributed by atoms with Crippen molar-refractivity contribution in [3.63, 3.8) is 0 Å². The zero-order chi connectivity index (χ0) is 14.8. The van der Waals surface area contributed by atoms with Crippen LogP contribution in [0.3, 0.4) is 0 Å². The normalized spacial score (nSPS) is 10.6. The van der Waals surface area contributed by atoms with Crippen LogP contribution < -0.4 is 5.32 Å². The van der Waals surface area contributed by atoms with Gasteiger partial charge in [-0.25, -0.2) is 0 Å². The number of halogens is 1. The van der Waals surface area contributed by atoms with E-state index in [2.05, 4.69) is 32.9 Å². The van der Waals surface area contributed by atoms with Gasteiger partial charge in [-0.1, -0.05) is 23.8 Å². The number of anilines is 1. The van der Waals surface area contributed by atoms with Crippen LogP contribution in [0.25, 0.3) is 10.9 Å². The third-order valence-corrected chi connectivity index (χ3v) is 4.22. The van der Waals surface area contributed by atoms with Gasteiger partial charge in [0.1, 0.15) is 0 Å². The zero-order valence-corrected chi connectivity index (χ0v) is 13.6. The van der Waals surface area contributed by atoms with E-state index in [1.54, 1.807) is 6.20 Å². The van der Waals surface area contributed by atoms with E-state index in [0.717, 1.165) is 25.7 Å². The molecule has 0 aliphatic rings. The van der Waals surface area contributed by atoms with Crippen molar-refractivity contribution in [2.24, 2.45) is 0 Å². The van der Waals surface area contributed by atoms with Crippen molar-refractivity contribution in [3.05, 3.63) is 69.4 Å². The molecule has 0 aliphatic heterocycles. The largest absolute Gasteiger partial charge is 0.320 e. The van der Waals surface area contributed by atoms with Gasteiger partial charge in [-0.2, -0.15) is 0 Å². The Hall–Kier alpha value is -1.95. The summed E-state index contributed by atoms with van der Waals surface area (Å²) in [7, 11) is 0. The number of amides is 1. The Balaban J connectivity index is 1.97. The molecular formula is C17H13IN2O. The Kier molecular flexibility index (Phi) is 3.88. The average Bonchev–Trinajstić information content (AvgIpc) is 2.51. The summed E-state index contributed by atoms with van der Waals surface area (Å²) in [5, 5.41) is 3.98. The standard InChI is InChI=1S/C17H13IN2O/c1-11-4-6-12(7-5-11)17(21)20-15-9-8-14(18)13-3-2-10-19-16(13)15/h2-10H,1H3,(H,20,21). The van der Waals surface area contributed by atoms with Crippen molar-refractivity contribution in [3.8, 4) is 0 Å². The summed E-state index contributed by atoms with van der Waals surface area (Å²) in [5.74, 6) is -0.122. The molecule has 0 atom stereocenters. The minimum absolute atomic E-state index is 0.122. The molecule has 0 saturated carbocycles. The third kappa shape index (κ3) is 2.90. The molecule has 3 aromatic rings. The van der Waals surface area contributed by atoms with Crippen LogP contribution in [0.4, 0.5) is 5.69 Å². The summed E-state index contributed by atoms with van der Waals surface area (Å²) in [5.41, 5.74) is 3.32. The summed E-state index contributed by atoms with van der Waals surface area (Å²) < 4.78 is 1.11. The molecule has 1 amide bonds. The van der Waals surface area contributed by atoms with E-state index < -0.39 is 0 Å². The van der Waals surface area contributed by atoms with Gasteiger partial charge in [0, 0.05) is 20.7 Å². The van der Waals surface area contributed by atoms with Crippen LogP contribution in [-0.4, -0.2) is 10.9 Å². The molecule has 0 bridgehead atoms. The predicted molar refractivity (Wildman–Crippen MR) is 93.6 cm³/mol. The van der Waals surface area contributed by atoms with Gasteiger partial charge >= 0.3 is 0 Å². The fourth-order valence-corrected chi connectivity index (χ4v) is 2.75. The van der Waals surface area contributed by atoms with E-state index in [0.29, 0.717) is 5.56 Å². The molecule has 0 radical (unpaired) electrons. The first-order chi connectivity index (χ1) is 10.1. The maximum atomic E-state index is 12.3. The molecule has 1 N–H and O–H groups in total. The molecule has 104 valence electrons. The zero-order valence-electron chi connectivity index (χ0n) is 11.4. The number of nitrogens with one attached hydrogen (secondary N) is 1. The Morgan fingerprint density at radius 2 is 1.86 bits per heavy atom. The molecule has 3 rings (SSSR count). The minimum atomic E-state index is -0.122. The van der Waals surface area contributed by atoms with Crippen molar-refractivity contribution in [1.82, 2.24) is 4.98 Å². The summed E-state index contributed by atoms with van der Waals surface area (Å²) in [6, 6.07) is 15.3. The number of benzene rings is 2. The molecular weight excluding hydrogens is 375 g/mol. The average molecular weight is 388 g/mol. The molecule has 3 nitrogen and oxygen atoms in total. The van der Waals surface area contributed by atoms with Crippen LogP contribution in [0.2, 0.25) is 0 Å². The summed E-state index contributed by atoms with van der Waals surface area (Å²) >= 11 is 2.27. The summed E-state index contributed by atoms with van der Waals surface area (Å²) in [6.07, 6.45) is 1.74. The molecule has 0 unspecified atom stereocenters. The van der Waals surface area contributed by atoms with Gasteiger partial charge in [-0.05, 0) is 59.8 Å². The lowest BCUT2D eigenvalue weighted by atomic mass is 10.1.